The number of nitrogens with zero attached hydrogens (tertiary/aromatic N) is 2. The third-order valence-electron chi connectivity index (χ3n) is 3.14. The van der Waals surface area contributed by atoms with Crippen molar-refractivity contribution in [3.8, 4) is 28.5 Å². The molecule has 1 N–H and O–H groups in total. The first-order chi connectivity index (χ1) is 10.2. The van der Waals surface area contributed by atoms with E-state index in [1.165, 1.54) is 0 Å². The Hall–Kier alpha value is -2.47. The monoisotopic (exact) mass is 299 g/mol. The fourth-order valence-electron chi connectivity index (χ4n) is 2.14. The van der Waals surface area contributed by atoms with Crippen molar-refractivity contribution in [2.45, 2.75) is 6.92 Å². The van der Waals surface area contributed by atoms with Gasteiger partial charge in [0, 0.05) is 5.56 Å². The Bertz CT molecular complexity index is 839. The number of para-hydroxylation sites is 1. The first-order valence-corrected chi connectivity index (χ1v) is 6.77. The third kappa shape index (κ3) is 2.57. The van der Waals surface area contributed by atoms with Crippen LogP contribution >= 0.6 is 12.2 Å². The molecule has 0 fully saturated rings. The van der Waals surface area contributed by atoms with E-state index < -0.39 is 0 Å². The average Bonchev–Trinajstić information content (AvgIpc) is 2.93. The van der Waals surface area contributed by atoms with Crippen LogP contribution in [0.25, 0.3) is 22.7 Å². The number of aromatic amines is 1. The molecule has 3 aromatic rings. The molecule has 2 aromatic heterocycles. The van der Waals surface area contributed by atoms with Crippen LogP contribution in [0.15, 0.2) is 40.8 Å². The van der Waals surface area contributed by atoms with Crippen molar-refractivity contribution in [2.24, 2.45) is 0 Å². The number of aromatic nitrogens is 3. The molecule has 0 aliphatic rings. The highest BCUT2D eigenvalue weighted by Gasteiger charge is 2.12. The topological polar surface area (TPSA) is 63.9 Å². The van der Waals surface area contributed by atoms with Crippen LogP contribution in [0.1, 0.15) is 5.69 Å². The molecule has 0 aliphatic carbocycles. The molecule has 106 valence electrons. The van der Waals surface area contributed by atoms with E-state index in [9.17, 15) is 0 Å². The van der Waals surface area contributed by atoms with E-state index in [-0.39, 0.29) is 4.84 Å². The normalized spacial score (nSPS) is 10.6. The molecule has 0 aliphatic heterocycles. The van der Waals surface area contributed by atoms with E-state index in [4.69, 9.17) is 21.4 Å². The standard InChI is InChI=1S/C15H13N3O2S/c1-9-10(14-17-18-15(21)20-14)7-8-12(16-9)11-5-3-4-6-13(11)19-2/h3-8H,1-2H3,(H,18,21). The fourth-order valence-corrected chi connectivity index (χ4v) is 2.26. The van der Waals surface area contributed by atoms with Gasteiger partial charge in [0.2, 0.25) is 5.89 Å². The number of aryl methyl sites for hydroxylation is 1. The van der Waals surface area contributed by atoms with Crippen LogP contribution in [-0.4, -0.2) is 22.3 Å². The summed E-state index contributed by atoms with van der Waals surface area (Å²) in [5.74, 6) is 1.23. The Morgan fingerprint density at radius 1 is 1.14 bits per heavy atom. The van der Waals surface area contributed by atoms with Crippen LogP contribution in [0.4, 0.5) is 0 Å². The molecule has 3 rings (SSSR count). The second-order valence-electron chi connectivity index (χ2n) is 4.45. The summed E-state index contributed by atoms with van der Waals surface area (Å²) in [5.41, 5.74) is 3.39. The number of methoxy groups -OCH3 is 1. The summed E-state index contributed by atoms with van der Waals surface area (Å²) in [6.45, 7) is 1.90. The van der Waals surface area contributed by atoms with Gasteiger partial charge in [0.15, 0.2) is 0 Å². The quantitative estimate of drug-likeness (QED) is 0.746. The van der Waals surface area contributed by atoms with Gasteiger partial charge < -0.3 is 9.15 Å². The summed E-state index contributed by atoms with van der Waals surface area (Å²) < 4.78 is 10.7. The van der Waals surface area contributed by atoms with Gasteiger partial charge in [-0.25, -0.2) is 5.10 Å². The minimum atomic E-state index is 0.248. The maximum absolute atomic E-state index is 5.37. The molecule has 0 amide bonds. The number of H-pyrrole nitrogens is 1. The lowest BCUT2D eigenvalue weighted by molar-refractivity contribution is 0.416. The van der Waals surface area contributed by atoms with Crippen molar-refractivity contribution in [1.29, 1.82) is 0 Å². The van der Waals surface area contributed by atoms with Crippen molar-refractivity contribution in [3.05, 3.63) is 46.9 Å². The Balaban J connectivity index is 2.07. The predicted molar refractivity (Wildman–Crippen MR) is 81.6 cm³/mol. The number of hydrogen-bond acceptors (Lipinski definition) is 5. The zero-order valence-electron chi connectivity index (χ0n) is 11.6. The molecule has 0 saturated heterocycles. The molecule has 0 radical (unpaired) electrons. The number of benzene rings is 1. The van der Waals surface area contributed by atoms with Crippen molar-refractivity contribution < 1.29 is 9.15 Å². The zero-order valence-corrected chi connectivity index (χ0v) is 12.4. The lowest BCUT2D eigenvalue weighted by Crippen LogP contribution is -1.94. The SMILES string of the molecule is COc1ccccc1-c1ccc(-c2n[nH]c(=S)o2)c(C)n1. The molecule has 0 atom stereocenters. The number of nitrogens with one attached hydrogen (secondary N) is 1. The van der Waals surface area contributed by atoms with Crippen LogP contribution < -0.4 is 4.74 Å². The van der Waals surface area contributed by atoms with Gasteiger partial charge in [-0.05, 0) is 43.4 Å². The predicted octanol–water partition coefficient (Wildman–Crippen LogP) is 3.78. The fraction of sp³-hybridized carbons (Fsp3) is 0.133. The number of hydrogen-bond donors (Lipinski definition) is 1. The van der Waals surface area contributed by atoms with E-state index in [0.717, 1.165) is 28.3 Å². The molecule has 21 heavy (non-hydrogen) atoms. The van der Waals surface area contributed by atoms with Gasteiger partial charge in [-0.15, -0.1) is 5.10 Å². The van der Waals surface area contributed by atoms with Crippen molar-refractivity contribution in [3.63, 3.8) is 0 Å². The lowest BCUT2D eigenvalue weighted by atomic mass is 10.1. The Morgan fingerprint density at radius 3 is 2.62 bits per heavy atom. The largest absolute Gasteiger partial charge is 0.496 e. The average molecular weight is 299 g/mol. The van der Waals surface area contributed by atoms with E-state index in [1.54, 1.807) is 7.11 Å². The molecule has 5 nitrogen and oxygen atoms in total. The summed E-state index contributed by atoms with van der Waals surface area (Å²) >= 11 is 4.89. The minimum Gasteiger partial charge on any atom is -0.496 e. The van der Waals surface area contributed by atoms with Gasteiger partial charge in [0.25, 0.3) is 4.84 Å². The first kappa shape index (κ1) is 13.5. The van der Waals surface area contributed by atoms with E-state index >= 15 is 0 Å². The molecular weight excluding hydrogens is 286 g/mol. The summed E-state index contributed by atoms with van der Waals surface area (Å²) in [6.07, 6.45) is 0. The van der Waals surface area contributed by atoms with Gasteiger partial charge in [-0.3, -0.25) is 4.98 Å². The van der Waals surface area contributed by atoms with Crippen molar-refractivity contribution in [1.82, 2.24) is 15.2 Å². The third-order valence-corrected chi connectivity index (χ3v) is 3.31. The molecule has 0 saturated carbocycles. The number of rotatable bonds is 3. The summed E-state index contributed by atoms with van der Waals surface area (Å²) in [4.78, 5) is 4.86. The summed E-state index contributed by atoms with van der Waals surface area (Å²) in [7, 11) is 1.65. The minimum absolute atomic E-state index is 0.248. The molecule has 0 bridgehead atoms. The molecule has 0 unspecified atom stereocenters. The van der Waals surface area contributed by atoms with Gasteiger partial charge in [-0.2, -0.15) is 0 Å². The second kappa shape index (κ2) is 5.49. The van der Waals surface area contributed by atoms with Crippen LogP contribution in [0.3, 0.4) is 0 Å². The Morgan fingerprint density at radius 2 is 1.95 bits per heavy atom. The van der Waals surface area contributed by atoms with E-state index in [0.29, 0.717) is 5.89 Å². The highest BCUT2D eigenvalue weighted by Crippen LogP contribution is 2.30. The number of pyridine rings is 1. The van der Waals surface area contributed by atoms with Crippen LogP contribution in [-0.2, 0) is 0 Å². The highest BCUT2D eigenvalue weighted by molar-refractivity contribution is 7.71. The first-order valence-electron chi connectivity index (χ1n) is 6.36. The van der Waals surface area contributed by atoms with Gasteiger partial charge in [0.05, 0.1) is 24.1 Å². The smallest absolute Gasteiger partial charge is 0.284 e. The maximum atomic E-state index is 5.37. The van der Waals surface area contributed by atoms with E-state index in [1.807, 2.05) is 43.3 Å². The Kier molecular flexibility index (Phi) is 3.53. The number of ether oxygens (including phenoxy) is 1. The Labute approximate surface area is 126 Å². The van der Waals surface area contributed by atoms with Gasteiger partial charge in [-0.1, -0.05) is 12.1 Å². The maximum Gasteiger partial charge on any atom is 0.284 e. The summed E-state index contributed by atoms with van der Waals surface area (Å²) in [6, 6.07) is 11.6. The van der Waals surface area contributed by atoms with Gasteiger partial charge in [0.1, 0.15) is 5.75 Å². The molecule has 0 spiro atoms. The van der Waals surface area contributed by atoms with E-state index in [2.05, 4.69) is 15.2 Å². The van der Waals surface area contributed by atoms with Crippen LogP contribution in [0.2, 0.25) is 0 Å². The highest BCUT2D eigenvalue weighted by atomic mass is 32.1. The zero-order chi connectivity index (χ0) is 14.8. The van der Waals surface area contributed by atoms with Crippen LogP contribution in [0.5, 0.6) is 5.75 Å². The van der Waals surface area contributed by atoms with Gasteiger partial charge >= 0.3 is 0 Å². The summed E-state index contributed by atoms with van der Waals surface area (Å²) in [5, 5.41) is 6.63. The molecule has 1 aromatic carbocycles. The van der Waals surface area contributed by atoms with Crippen molar-refractivity contribution >= 4 is 12.2 Å². The lowest BCUT2D eigenvalue weighted by Gasteiger charge is -2.09. The molecule has 2 heterocycles. The van der Waals surface area contributed by atoms with Crippen molar-refractivity contribution in [2.75, 3.05) is 7.11 Å². The molecular formula is C15H13N3O2S. The van der Waals surface area contributed by atoms with Crippen LogP contribution in [0, 0.1) is 11.8 Å². The second-order valence-corrected chi connectivity index (χ2v) is 4.82. The molecule has 6 heteroatoms.